The largest absolute Gasteiger partial charge is 0.392 e. The van der Waals surface area contributed by atoms with Gasteiger partial charge in [-0.2, -0.15) is 5.10 Å². The number of benzene rings is 1. The van der Waals surface area contributed by atoms with Crippen LogP contribution in [0.2, 0.25) is 0 Å². The summed E-state index contributed by atoms with van der Waals surface area (Å²) in [6.07, 6.45) is 6.58. The molecule has 140 valence electrons. The van der Waals surface area contributed by atoms with Gasteiger partial charge in [-0.25, -0.2) is 4.98 Å². The van der Waals surface area contributed by atoms with Crippen molar-refractivity contribution < 1.29 is 4.92 Å². The highest BCUT2D eigenvalue weighted by molar-refractivity contribution is 5.86. The van der Waals surface area contributed by atoms with E-state index in [2.05, 4.69) is 20.4 Å². The molecule has 0 aliphatic carbocycles. The molecule has 9 nitrogen and oxygen atoms in total. The molecule has 3 heterocycles. The fourth-order valence-corrected chi connectivity index (χ4v) is 3.04. The molecule has 0 bridgehead atoms. The highest BCUT2D eigenvalue weighted by Crippen LogP contribution is 2.37. The van der Waals surface area contributed by atoms with Crippen LogP contribution in [0.15, 0.2) is 55.1 Å². The summed E-state index contributed by atoms with van der Waals surface area (Å²) in [5.41, 5.74) is 8.89. The lowest BCUT2D eigenvalue weighted by molar-refractivity contribution is -0.383. The van der Waals surface area contributed by atoms with E-state index in [4.69, 9.17) is 5.73 Å². The lowest BCUT2D eigenvalue weighted by atomic mass is 10.1. The van der Waals surface area contributed by atoms with Gasteiger partial charge in [0, 0.05) is 48.7 Å². The first-order valence-corrected chi connectivity index (χ1v) is 8.52. The number of hydrogen-bond donors (Lipinski definition) is 2. The van der Waals surface area contributed by atoms with Gasteiger partial charge in [0.2, 0.25) is 5.82 Å². The standard InChI is InChI=1S/C19H17N7O2/c1-25-11-14(9-24-25)15-10-23-19(18(17(15)20)26(27)28)22-8-12-4-5-16-13(7-12)3-2-6-21-16/h2-7,9-11H,8H2,1H3,(H3,20,22,23). The molecule has 0 saturated carbocycles. The van der Waals surface area contributed by atoms with Crippen LogP contribution in [0.25, 0.3) is 22.0 Å². The number of nitrogen functional groups attached to an aromatic ring is 1. The Hall–Kier alpha value is -4.01. The Morgan fingerprint density at radius 1 is 1.25 bits per heavy atom. The van der Waals surface area contributed by atoms with Crippen LogP contribution in [0.5, 0.6) is 0 Å². The Labute approximate surface area is 160 Å². The molecule has 0 unspecified atom stereocenters. The number of pyridine rings is 2. The zero-order valence-electron chi connectivity index (χ0n) is 15.0. The zero-order chi connectivity index (χ0) is 19.7. The Morgan fingerprint density at radius 2 is 2.11 bits per heavy atom. The minimum atomic E-state index is -0.519. The summed E-state index contributed by atoms with van der Waals surface area (Å²) in [5.74, 6) is 0.126. The van der Waals surface area contributed by atoms with Gasteiger partial charge >= 0.3 is 5.69 Å². The fraction of sp³-hybridized carbons (Fsp3) is 0.105. The van der Waals surface area contributed by atoms with Gasteiger partial charge in [-0.15, -0.1) is 0 Å². The first kappa shape index (κ1) is 17.4. The lowest BCUT2D eigenvalue weighted by Gasteiger charge is -2.10. The topological polar surface area (TPSA) is 125 Å². The van der Waals surface area contributed by atoms with Crippen molar-refractivity contribution in [3.05, 3.63) is 70.8 Å². The smallest absolute Gasteiger partial charge is 0.334 e. The van der Waals surface area contributed by atoms with E-state index in [9.17, 15) is 10.1 Å². The van der Waals surface area contributed by atoms with E-state index in [1.165, 1.54) is 6.20 Å². The molecule has 0 saturated heterocycles. The van der Waals surface area contributed by atoms with Gasteiger partial charge in [-0.1, -0.05) is 12.1 Å². The van der Waals surface area contributed by atoms with E-state index in [-0.39, 0.29) is 17.2 Å². The average molecular weight is 375 g/mol. The number of aromatic nitrogens is 4. The van der Waals surface area contributed by atoms with Crippen molar-refractivity contribution in [1.29, 1.82) is 0 Å². The van der Waals surface area contributed by atoms with E-state index >= 15 is 0 Å². The van der Waals surface area contributed by atoms with Gasteiger partial charge < -0.3 is 11.1 Å². The Balaban J connectivity index is 1.65. The second kappa shape index (κ2) is 6.95. The van der Waals surface area contributed by atoms with Crippen LogP contribution in [-0.2, 0) is 13.6 Å². The average Bonchev–Trinajstić information content (AvgIpc) is 3.11. The first-order chi connectivity index (χ1) is 13.5. The minimum Gasteiger partial charge on any atom is -0.392 e. The molecule has 0 atom stereocenters. The monoisotopic (exact) mass is 375 g/mol. The highest BCUT2D eigenvalue weighted by Gasteiger charge is 2.24. The Bertz CT molecular complexity index is 1190. The van der Waals surface area contributed by atoms with Crippen molar-refractivity contribution in [2.75, 3.05) is 11.1 Å². The third kappa shape index (κ3) is 3.20. The molecule has 9 heteroatoms. The normalized spacial score (nSPS) is 10.9. The minimum absolute atomic E-state index is 0.0539. The number of nitrogens with one attached hydrogen (secondary N) is 1. The summed E-state index contributed by atoms with van der Waals surface area (Å²) in [5, 5.41) is 19.7. The predicted octanol–water partition coefficient (Wildman–Crippen LogP) is 3.13. The molecule has 1 aromatic carbocycles. The molecule has 0 fully saturated rings. The summed E-state index contributed by atoms with van der Waals surface area (Å²) in [7, 11) is 1.76. The van der Waals surface area contributed by atoms with Crippen LogP contribution < -0.4 is 11.1 Å². The molecular formula is C19H17N7O2. The quantitative estimate of drug-likeness (QED) is 0.405. The summed E-state index contributed by atoms with van der Waals surface area (Å²) >= 11 is 0. The van der Waals surface area contributed by atoms with Crippen LogP contribution in [0.3, 0.4) is 0 Å². The van der Waals surface area contributed by atoms with Crippen molar-refractivity contribution in [2.24, 2.45) is 7.05 Å². The number of aryl methyl sites for hydroxylation is 1. The van der Waals surface area contributed by atoms with Gasteiger partial charge in [-0.3, -0.25) is 19.8 Å². The van der Waals surface area contributed by atoms with Gasteiger partial charge in [0.25, 0.3) is 0 Å². The molecule has 3 aromatic heterocycles. The zero-order valence-corrected chi connectivity index (χ0v) is 15.0. The number of fused-ring (bicyclic) bond motifs is 1. The first-order valence-electron chi connectivity index (χ1n) is 8.52. The molecule has 0 aliphatic rings. The number of nitrogens with two attached hydrogens (primary N) is 1. The van der Waals surface area contributed by atoms with Crippen LogP contribution in [0.1, 0.15) is 5.56 Å². The Morgan fingerprint density at radius 3 is 2.86 bits per heavy atom. The highest BCUT2D eigenvalue weighted by atomic mass is 16.6. The van der Waals surface area contributed by atoms with Crippen LogP contribution >= 0.6 is 0 Å². The van der Waals surface area contributed by atoms with E-state index in [0.717, 1.165) is 16.5 Å². The maximum atomic E-state index is 11.6. The number of hydrogen-bond acceptors (Lipinski definition) is 7. The predicted molar refractivity (Wildman–Crippen MR) is 107 cm³/mol. The third-order valence-corrected chi connectivity index (χ3v) is 4.42. The Kier molecular flexibility index (Phi) is 4.32. The second-order valence-corrected chi connectivity index (χ2v) is 6.33. The van der Waals surface area contributed by atoms with Crippen molar-refractivity contribution in [1.82, 2.24) is 19.7 Å². The van der Waals surface area contributed by atoms with Crippen molar-refractivity contribution in [2.45, 2.75) is 6.54 Å². The fourth-order valence-electron chi connectivity index (χ4n) is 3.04. The molecule has 0 amide bonds. The van der Waals surface area contributed by atoms with E-state index < -0.39 is 4.92 Å². The molecular weight excluding hydrogens is 358 g/mol. The summed E-state index contributed by atoms with van der Waals surface area (Å²) in [4.78, 5) is 19.6. The molecule has 4 rings (SSSR count). The van der Waals surface area contributed by atoms with Crippen LogP contribution in [0, 0.1) is 10.1 Å². The number of nitro groups is 1. The summed E-state index contributed by atoms with van der Waals surface area (Å²) in [6.45, 7) is 0.365. The van der Waals surface area contributed by atoms with Crippen molar-refractivity contribution in [3.8, 4) is 11.1 Å². The second-order valence-electron chi connectivity index (χ2n) is 6.33. The molecule has 4 aromatic rings. The molecule has 28 heavy (non-hydrogen) atoms. The third-order valence-electron chi connectivity index (χ3n) is 4.42. The molecule has 0 spiro atoms. The van der Waals surface area contributed by atoms with Crippen LogP contribution in [-0.4, -0.2) is 24.7 Å². The summed E-state index contributed by atoms with van der Waals surface area (Å²) < 4.78 is 1.60. The van der Waals surface area contributed by atoms with Crippen LogP contribution in [0.4, 0.5) is 17.2 Å². The van der Waals surface area contributed by atoms with Gasteiger partial charge in [0.15, 0.2) is 0 Å². The number of anilines is 2. The van der Waals surface area contributed by atoms with E-state index in [1.807, 2.05) is 30.3 Å². The summed E-state index contributed by atoms with van der Waals surface area (Å²) in [6, 6.07) is 9.64. The maximum Gasteiger partial charge on any atom is 0.334 e. The number of nitrogens with zero attached hydrogens (tertiary/aromatic N) is 5. The molecule has 0 aliphatic heterocycles. The van der Waals surface area contributed by atoms with Gasteiger partial charge in [-0.05, 0) is 23.8 Å². The molecule has 3 N–H and O–H groups in total. The van der Waals surface area contributed by atoms with Gasteiger partial charge in [0.05, 0.1) is 16.6 Å². The van der Waals surface area contributed by atoms with Crippen molar-refractivity contribution >= 4 is 28.1 Å². The number of rotatable bonds is 5. The SMILES string of the molecule is Cn1cc(-c2cnc(NCc3ccc4ncccc4c3)c([N+](=O)[O-])c2N)cn1. The lowest BCUT2D eigenvalue weighted by Crippen LogP contribution is -2.08. The van der Waals surface area contributed by atoms with Gasteiger partial charge in [0.1, 0.15) is 5.69 Å². The maximum absolute atomic E-state index is 11.6. The van der Waals surface area contributed by atoms with Crippen molar-refractivity contribution in [3.63, 3.8) is 0 Å². The van der Waals surface area contributed by atoms with E-state index in [0.29, 0.717) is 17.7 Å². The molecule has 0 radical (unpaired) electrons. The van der Waals surface area contributed by atoms with E-state index in [1.54, 1.807) is 30.3 Å².